The zero-order chi connectivity index (χ0) is 9.73. The summed E-state index contributed by atoms with van der Waals surface area (Å²) in [6.45, 7) is 0.296. The number of benzene rings is 1. The van der Waals surface area contributed by atoms with Crippen LogP contribution in [-0.4, -0.2) is 20.8 Å². The van der Waals surface area contributed by atoms with Crippen LogP contribution < -0.4 is 5.73 Å². The third kappa shape index (κ3) is 2.45. The molecule has 0 unspecified atom stereocenters. The van der Waals surface area contributed by atoms with Gasteiger partial charge in [-0.2, -0.15) is 0 Å². The summed E-state index contributed by atoms with van der Waals surface area (Å²) in [6.07, 6.45) is 0. The van der Waals surface area contributed by atoms with Crippen LogP contribution in [0.2, 0.25) is 0 Å². The summed E-state index contributed by atoms with van der Waals surface area (Å²) in [7, 11) is 3.17. The molecule has 0 aliphatic rings. The first-order chi connectivity index (χ1) is 6.29. The lowest BCUT2D eigenvalue weighted by Gasteiger charge is -2.29. The molecule has 0 saturated heterocycles. The molecule has 0 saturated carbocycles. The SMILES string of the molecule is COC(CN)(OC)c1ccccc1.Cl. The Balaban J connectivity index is 0.00000169. The van der Waals surface area contributed by atoms with E-state index in [0.717, 1.165) is 5.56 Å². The van der Waals surface area contributed by atoms with E-state index in [2.05, 4.69) is 0 Å². The van der Waals surface area contributed by atoms with Gasteiger partial charge in [-0.1, -0.05) is 30.3 Å². The van der Waals surface area contributed by atoms with Crippen molar-refractivity contribution in [1.29, 1.82) is 0 Å². The van der Waals surface area contributed by atoms with Crippen LogP contribution >= 0.6 is 12.4 Å². The average molecular weight is 218 g/mol. The summed E-state index contributed by atoms with van der Waals surface area (Å²) < 4.78 is 10.6. The Kier molecular flexibility index (Phi) is 5.72. The fourth-order valence-electron chi connectivity index (χ4n) is 1.30. The molecular formula is C10H16ClNO2. The van der Waals surface area contributed by atoms with Crippen molar-refractivity contribution in [2.24, 2.45) is 5.73 Å². The highest BCUT2D eigenvalue weighted by molar-refractivity contribution is 5.85. The lowest BCUT2D eigenvalue weighted by Crippen LogP contribution is -2.38. The Hall–Kier alpha value is -0.610. The number of halogens is 1. The molecule has 1 rings (SSSR count). The molecule has 0 bridgehead atoms. The first kappa shape index (κ1) is 13.4. The molecule has 14 heavy (non-hydrogen) atoms. The molecular weight excluding hydrogens is 202 g/mol. The van der Waals surface area contributed by atoms with Crippen LogP contribution in [0.4, 0.5) is 0 Å². The van der Waals surface area contributed by atoms with Gasteiger partial charge < -0.3 is 15.2 Å². The smallest absolute Gasteiger partial charge is 0.207 e. The molecule has 0 fully saturated rings. The number of methoxy groups -OCH3 is 2. The molecule has 0 amide bonds. The summed E-state index contributed by atoms with van der Waals surface area (Å²) in [5.41, 5.74) is 6.54. The highest BCUT2D eigenvalue weighted by atomic mass is 35.5. The average Bonchev–Trinajstić information content (AvgIpc) is 2.23. The summed E-state index contributed by atoms with van der Waals surface area (Å²) in [6, 6.07) is 9.66. The van der Waals surface area contributed by atoms with Crippen molar-refractivity contribution in [3.8, 4) is 0 Å². The molecule has 3 nitrogen and oxygen atoms in total. The maximum atomic E-state index is 5.61. The van der Waals surface area contributed by atoms with Gasteiger partial charge >= 0.3 is 0 Å². The van der Waals surface area contributed by atoms with Gasteiger partial charge in [0.2, 0.25) is 5.79 Å². The highest BCUT2D eigenvalue weighted by Crippen LogP contribution is 2.23. The van der Waals surface area contributed by atoms with Gasteiger partial charge in [-0.3, -0.25) is 0 Å². The van der Waals surface area contributed by atoms with Gasteiger partial charge in [0.15, 0.2) is 0 Å². The minimum Gasteiger partial charge on any atom is -0.348 e. The zero-order valence-electron chi connectivity index (χ0n) is 8.40. The molecule has 0 aliphatic heterocycles. The predicted molar refractivity (Wildman–Crippen MR) is 58.4 cm³/mol. The molecule has 80 valence electrons. The van der Waals surface area contributed by atoms with Crippen LogP contribution in [-0.2, 0) is 15.3 Å². The molecule has 0 radical (unpaired) electrons. The van der Waals surface area contributed by atoms with Crippen molar-refractivity contribution in [2.45, 2.75) is 5.79 Å². The van der Waals surface area contributed by atoms with E-state index in [1.165, 1.54) is 0 Å². The van der Waals surface area contributed by atoms with Crippen LogP contribution in [0.1, 0.15) is 5.56 Å². The first-order valence-electron chi connectivity index (χ1n) is 4.15. The molecule has 0 heterocycles. The monoisotopic (exact) mass is 217 g/mol. The third-order valence-electron chi connectivity index (χ3n) is 2.14. The number of hydrogen-bond acceptors (Lipinski definition) is 3. The van der Waals surface area contributed by atoms with Gasteiger partial charge in [0.25, 0.3) is 0 Å². The predicted octanol–water partition coefficient (Wildman–Crippen LogP) is 1.51. The van der Waals surface area contributed by atoms with Crippen molar-refractivity contribution in [1.82, 2.24) is 0 Å². The standard InChI is InChI=1S/C10H15NO2.ClH/c1-12-10(8-11,13-2)9-6-4-3-5-7-9;/h3-7H,8,11H2,1-2H3;1H. The van der Waals surface area contributed by atoms with E-state index in [-0.39, 0.29) is 12.4 Å². The molecule has 2 N–H and O–H groups in total. The molecule has 0 atom stereocenters. The molecule has 0 aromatic heterocycles. The van der Waals surface area contributed by atoms with Gasteiger partial charge in [-0.05, 0) is 0 Å². The molecule has 1 aromatic carbocycles. The van der Waals surface area contributed by atoms with Gasteiger partial charge in [0.1, 0.15) is 0 Å². The summed E-state index contributed by atoms with van der Waals surface area (Å²) >= 11 is 0. The number of hydrogen-bond donors (Lipinski definition) is 1. The fraction of sp³-hybridized carbons (Fsp3) is 0.400. The Morgan fingerprint density at radius 1 is 1.14 bits per heavy atom. The van der Waals surface area contributed by atoms with Gasteiger partial charge in [0.05, 0.1) is 6.54 Å². The number of rotatable bonds is 4. The lowest BCUT2D eigenvalue weighted by atomic mass is 10.1. The Bertz CT molecular complexity index is 241. The molecule has 4 heteroatoms. The maximum absolute atomic E-state index is 5.61. The second-order valence-corrected chi connectivity index (χ2v) is 2.73. The molecule has 0 aliphatic carbocycles. The minimum atomic E-state index is -0.804. The van der Waals surface area contributed by atoms with Crippen molar-refractivity contribution < 1.29 is 9.47 Å². The van der Waals surface area contributed by atoms with Crippen molar-refractivity contribution in [3.63, 3.8) is 0 Å². The zero-order valence-corrected chi connectivity index (χ0v) is 9.21. The molecule has 0 spiro atoms. The minimum absolute atomic E-state index is 0. The number of ether oxygens (including phenoxy) is 2. The Morgan fingerprint density at radius 2 is 1.64 bits per heavy atom. The first-order valence-corrected chi connectivity index (χ1v) is 4.15. The topological polar surface area (TPSA) is 44.5 Å². The van der Waals surface area contributed by atoms with Crippen LogP contribution in [0.15, 0.2) is 30.3 Å². The van der Waals surface area contributed by atoms with E-state index in [0.29, 0.717) is 6.54 Å². The third-order valence-corrected chi connectivity index (χ3v) is 2.14. The summed E-state index contributed by atoms with van der Waals surface area (Å²) in [4.78, 5) is 0. The van der Waals surface area contributed by atoms with E-state index in [1.54, 1.807) is 14.2 Å². The Labute approximate surface area is 90.6 Å². The van der Waals surface area contributed by atoms with Crippen molar-refractivity contribution >= 4 is 12.4 Å². The second kappa shape index (κ2) is 5.98. The second-order valence-electron chi connectivity index (χ2n) is 2.73. The molecule has 1 aromatic rings. The van der Waals surface area contributed by atoms with Crippen molar-refractivity contribution in [2.75, 3.05) is 20.8 Å². The van der Waals surface area contributed by atoms with E-state index >= 15 is 0 Å². The quantitative estimate of drug-likeness (QED) is 0.778. The van der Waals surface area contributed by atoms with E-state index in [9.17, 15) is 0 Å². The van der Waals surface area contributed by atoms with Gasteiger partial charge in [-0.25, -0.2) is 0 Å². The lowest BCUT2D eigenvalue weighted by molar-refractivity contribution is -0.207. The summed E-state index contributed by atoms with van der Waals surface area (Å²) in [5, 5.41) is 0. The Morgan fingerprint density at radius 3 is 2.00 bits per heavy atom. The van der Waals surface area contributed by atoms with Crippen LogP contribution in [0.3, 0.4) is 0 Å². The maximum Gasteiger partial charge on any atom is 0.207 e. The summed E-state index contributed by atoms with van der Waals surface area (Å²) in [5.74, 6) is -0.804. The van der Waals surface area contributed by atoms with Crippen molar-refractivity contribution in [3.05, 3.63) is 35.9 Å². The van der Waals surface area contributed by atoms with E-state index < -0.39 is 5.79 Å². The fourth-order valence-corrected chi connectivity index (χ4v) is 1.30. The van der Waals surface area contributed by atoms with Crippen LogP contribution in [0, 0.1) is 0 Å². The van der Waals surface area contributed by atoms with Crippen LogP contribution in [0.25, 0.3) is 0 Å². The number of nitrogens with two attached hydrogens (primary N) is 1. The highest BCUT2D eigenvalue weighted by Gasteiger charge is 2.29. The van der Waals surface area contributed by atoms with Gasteiger partial charge in [0, 0.05) is 19.8 Å². The van der Waals surface area contributed by atoms with E-state index in [4.69, 9.17) is 15.2 Å². The normalized spacial score (nSPS) is 10.8. The van der Waals surface area contributed by atoms with E-state index in [1.807, 2.05) is 30.3 Å². The van der Waals surface area contributed by atoms with Gasteiger partial charge in [-0.15, -0.1) is 12.4 Å². The largest absolute Gasteiger partial charge is 0.348 e. The van der Waals surface area contributed by atoms with Crippen LogP contribution in [0.5, 0.6) is 0 Å².